The molecule has 0 unspecified atom stereocenters. The lowest BCUT2D eigenvalue weighted by Gasteiger charge is -2.29. The number of para-hydroxylation sites is 1. The number of benzene rings is 7. The molecular formula is C53H47NO2. The minimum absolute atomic E-state index is 0.000179. The third-order valence-electron chi connectivity index (χ3n) is 12.1. The molecule has 0 spiro atoms. The Balaban J connectivity index is 1.26. The lowest BCUT2D eigenvalue weighted by molar-refractivity contribution is 0.559. The number of rotatable bonds is 4. The fraction of sp³-hybridized carbons (Fsp3) is 0.208. The van der Waals surface area contributed by atoms with E-state index in [2.05, 4.69) is 200 Å². The quantitative estimate of drug-likeness (QED) is 0.181. The number of fused-ring (bicyclic) bond motifs is 9. The van der Waals surface area contributed by atoms with Gasteiger partial charge in [0.2, 0.25) is 0 Å². The summed E-state index contributed by atoms with van der Waals surface area (Å²) in [5.74, 6) is 0. The van der Waals surface area contributed by atoms with Gasteiger partial charge in [-0.05, 0) is 92.7 Å². The molecule has 2 heterocycles. The van der Waals surface area contributed by atoms with Crippen LogP contribution in [0.15, 0.2) is 148 Å². The van der Waals surface area contributed by atoms with Gasteiger partial charge in [0.15, 0.2) is 0 Å². The fourth-order valence-electron chi connectivity index (χ4n) is 9.10. The Morgan fingerprint density at radius 1 is 0.482 bits per heavy atom. The van der Waals surface area contributed by atoms with Gasteiger partial charge >= 0.3 is 0 Å². The molecule has 0 N–H and O–H groups in total. The maximum Gasteiger partial charge on any atom is 0.145 e. The Labute approximate surface area is 329 Å². The van der Waals surface area contributed by atoms with Crippen molar-refractivity contribution < 1.29 is 8.83 Å². The van der Waals surface area contributed by atoms with E-state index in [9.17, 15) is 0 Å². The second-order valence-corrected chi connectivity index (χ2v) is 18.2. The topological polar surface area (TPSA) is 29.5 Å². The van der Waals surface area contributed by atoms with E-state index >= 15 is 0 Å². The fourth-order valence-corrected chi connectivity index (χ4v) is 9.10. The standard InChI is InChI=1S/C53H47NO2/c1-51(2,3)33-28-41-39-25-23-35(31-47(39)56-49(41)44(29-33)52(4,5)6)54(34-22-24-38-37-18-12-14-20-42(37)53(7,8)43(38)30-34)45-27-26-36(32-16-10-9-11-17-32)50-48(45)40-19-13-15-21-46(40)55-50/h9-31H,1-8H3. The van der Waals surface area contributed by atoms with Crippen LogP contribution in [0.25, 0.3) is 66.1 Å². The second-order valence-electron chi connectivity index (χ2n) is 18.2. The summed E-state index contributed by atoms with van der Waals surface area (Å²) >= 11 is 0. The van der Waals surface area contributed by atoms with Crippen LogP contribution in [0.3, 0.4) is 0 Å². The molecule has 3 heteroatoms. The van der Waals surface area contributed by atoms with Crippen molar-refractivity contribution in [2.24, 2.45) is 0 Å². The molecular weight excluding hydrogens is 683 g/mol. The Morgan fingerprint density at radius 2 is 1.14 bits per heavy atom. The van der Waals surface area contributed by atoms with E-state index in [-0.39, 0.29) is 16.2 Å². The Morgan fingerprint density at radius 3 is 1.93 bits per heavy atom. The second kappa shape index (κ2) is 12.0. The summed E-state index contributed by atoms with van der Waals surface area (Å²) < 4.78 is 13.8. The highest BCUT2D eigenvalue weighted by Crippen LogP contribution is 2.52. The SMILES string of the molecule is CC(C)(C)c1cc(C(C)(C)C)c2oc3cc(N(c4ccc5c(c4)C(C)(C)c4ccccc4-5)c4ccc(-c5ccccc5)c5oc6ccccc6c45)ccc3c2c1. The van der Waals surface area contributed by atoms with Gasteiger partial charge in [0.25, 0.3) is 0 Å². The van der Waals surface area contributed by atoms with E-state index in [4.69, 9.17) is 8.83 Å². The molecule has 2 aromatic heterocycles. The van der Waals surface area contributed by atoms with Gasteiger partial charge in [-0.3, -0.25) is 0 Å². The van der Waals surface area contributed by atoms with Crippen molar-refractivity contribution in [1.82, 2.24) is 0 Å². The number of nitrogens with zero attached hydrogens (tertiary/aromatic N) is 1. The Bertz CT molecular complexity index is 3020. The molecule has 0 atom stereocenters. The van der Waals surface area contributed by atoms with Crippen LogP contribution in [0, 0.1) is 0 Å². The zero-order valence-corrected chi connectivity index (χ0v) is 33.5. The molecule has 0 amide bonds. The lowest BCUT2D eigenvalue weighted by Crippen LogP contribution is -2.16. The van der Waals surface area contributed by atoms with Gasteiger partial charge in [-0.1, -0.05) is 140 Å². The smallest absolute Gasteiger partial charge is 0.145 e. The number of hydrogen-bond donors (Lipinski definition) is 0. The van der Waals surface area contributed by atoms with Gasteiger partial charge in [-0.15, -0.1) is 0 Å². The first-order chi connectivity index (χ1) is 26.8. The summed E-state index contributed by atoms with van der Waals surface area (Å²) in [7, 11) is 0. The van der Waals surface area contributed by atoms with Crippen molar-refractivity contribution in [3.05, 3.63) is 162 Å². The Kier molecular flexibility index (Phi) is 7.36. The summed E-state index contributed by atoms with van der Waals surface area (Å²) in [6.45, 7) is 18.4. The van der Waals surface area contributed by atoms with E-state index in [0.29, 0.717) is 0 Å². The third kappa shape index (κ3) is 5.17. The molecule has 0 aliphatic heterocycles. The molecule has 3 nitrogen and oxygen atoms in total. The molecule has 56 heavy (non-hydrogen) atoms. The first kappa shape index (κ1) is 34.4. The highest BCUT2D eigenvalue weighted by molar-refractivity contribution is 6.17. The number of anilines is 3. The van der Waals surface area contributed by atoms with Gasteiger partial charge in [-0.25, -0.2) is 0 Å². The zero-order valence-electron chi connectivity index (χ0n) is 33.5. The van der Waals surface area contributed by atoms with Crippen LogP contribution in [0.5, 0.6) is 0 Å². The molecule has 0 saturated carbocycles. The van der Waals surface area contributed by atoms with E-state index < -0.39 is 0 Å². The van der Waals surface area contributed by atoms with Gasteiger partial charge in [0, 0.05) is 50.1 Å². The predicted molar refractivity (Wildman–Crippen MR) is 236 cm³/mol. The molecule has 0 radical (unpaired) electrons. The van der Waals surface area contributed by atoms with E-state index in [1.54, 1.807) is 0 Å². The first-order valence-electron chi connectivity index (χ1n) is 19.8. The van der Waals surface area contributed by atoms with Crippen molar-refractivity contribution >= 4 is 60.9 Å². The highest BCUT2D eigenvalue weighted by Gasteiger charge is 2.36. The molecule has 0 bridgehead atoms. The van der Waals surface area contributed by atoms with Gasteiger partial charge < -0.3 is 13.7 Å². The minimum atomic E-state index is -0.154. The normalized spacial score (nSPS) is 13.9. The molecule has 7 aromatic carbocycles. The van der Waals surface area contributed by atoms with Crippen LogP contribution in [0.2, 0.25) is 0 Å². The van der Waals surface area contributed by atoms with Crippen molar-refractivity contribution in [2.45, 2.75) is 71.6 Å². The first-order valence-corrected chi connectivity index (χ1v) is 19.8. The van der Waals surface area contributed by atoms with Crippen molar-refractivity contribution in [3.63, 3.8) is 0 Å². The number of hydrogen-bond acceptors (Lipinski definition) is 3. The molecule has 1 aliphatic rings. The van der Waals surface area contributed by atoms with Gasteiger partial charge in [0.05, 0.1) is 11.1 Å². The van der Waals surface area contributed by atoms with Crippen LogP contribution < -0.4 is 4.90 Å². The summed E-state index contributed by atoms with van der Waals surface area (Å²) in [6, 6.07) is 50.8. The van der Waals surface area contributed by atoms with Crippen molar-refractivity contribution in [3.8, 4) is 22.3 Å². The van der Waals surface area contributed by atoms with Gasteiger partial charge in [0.1, 0.15) is 22.3 Å². The molecule has 1 aliphatic carbocycles. The summed E-state index contributed by atoms with van der Waals surface area (Å²) in [6.07, 6.45) is 0. The molecule has 276 valence electrons. The average Bonchev–Trinajstić information content (AvgIpc) is 3.82. The maximum atomic E-state index is 6.96. The minimum Gasteiger partial charge on any atom is -0.456 e. The monoisotopic (exact) mass is 729 g/mol. The zero-order chi connectivity index (χ0) is 38.7. The lowest BCUT2D eigenvalue weighted by atomic mass is 9.79. The Hall–Kier alpha value is -6.06. The average molecular weight is 730 g/mol. The largest absolute Gasteiger partial charge is 0.456 e. The highest BCUT2D eigenvalue weighted by atomic mass is 16.3. The molecule has 0 saturated heterocycles. The molecule has 0 fully saturated rings. The predicted octanol–water partition coefficient (Wildman–Crippen LogP) is 15.5. The molecule has 10 rings (SSSR count). The van der Waals surface area contributed by atoms with E-state index in [1.807, 2.05) is 0 Å². The summed E-state index contributed by atoms with van der Waals surface area (Å²) in [4.78, 5) is 2.41. The van der Waals surface area contributed by atoms with Crippen LogP contribution in [0.1, 0.15) is 77.6 Å². The summed E-state index contributed by atoms with van der Waals surface area (Å²) in [5.41, 5.74) is 16.6. The third-order valence-corrected chi connectivity index (χ3v) is 12.1. The van der Waals surface area contributed by atoms with Gasteiger partial charge in [-0.2, -0.15) is 0 Å². The molecule has 9 aromatic rings. The van der Waals surface area contributed by atoms with Crippen LogP contribution in [-0.4, -0.2) is 0 Å². The van der Waals surface area contributed by atoms with Crippen molar-refractivity contribution in [1.29, 1.82) is 0 Å². The van der Waals surface area contributed by atoms with Crippen LogP contribution in [0.4, 0.5) is 17.1 Å². The van der Waals surface area contributed by atoms with Crippen molar-refractivity contribution in [2.75, 3.05) is 4.90 Å². The number of furan rings is 2. The van der Waals surface area contributed by atoms with Crippen LogP contribution in [-0.2, 0) is 16.2 Å². The summed E-state index contributed by atoms with van der Waals surface area (Å²) in [5, 5.41) is 4.47. The van der Waals surface area contributed by atoms with E-state index in [1.165, 1.54) is 38.8 Å². The van der Waals surface area contributed by atoms with E-state index in [0.717, 1.165) is 66.7 Å². The van der Waals surface area contributed by atoms with Crippen LogP contribution >= 0.6 is 0 Å². The maximum absolute atomic E-state index is 6.96.